The molecule has 1 aliphatic rings. The summed E-state index contributed by atoms with van der Waals surface area (Å²) in [5.74, 6) is 0. The highest BCUT2D eigenvalue weighted by Gasteiger charge is 2.18. The van der Waals surface area contributed by atoms with Gasteiger partial charge in [-0.05, 0) is 40.3 Å². The Balaban J connectivity index is 2.14. The van der Waals surface area contributed by atoms with E-state index in [1.165, 1.54) is 26.2 Å². The molecule has 86 valence electrons. The van der Waals surface area contributed by atoms with Crippen LogP contribution in [0.25, 0.3) is 0 Å². The fourth-order valence-electron chi connectivity index (χ4n) is 1.87. The zero-order valence-corrected chi connectivity index (χ0v) is 10.3. The van der Waals surface area contributed by atoms with Crippen LogP contribution < -0.4 is 0 Å². The first-order chi connectivity index (χ1) is 7.03. The van der Waals surface area contributed by atoms with Gasteiger partial charge in [0.1, 0.15) is 0 Å². The molecule has 0 aliphatic carbocycles. The molecule has 0 N–H and O–H groups in total. The van der Waals surface area contributed by atoms with Gasteiger partial charge in [0.05, 0.1) is 11.5 Å². The number of rotatable bonds is 4. The molecule has 1 saturated heterocycles. The van der Waals surface area contributed by atoms with Gasteiger partial charge >= 0.3 is 0 Å². The van der Waals surface area contributed by atoms with E-state index in [1.807, 2.05) is 13.8 Å². The lowest BCUT2D eigenvalue weighted by atomic mass is 9.90. The Labute approximate surface area is 93.7 Å². The first kappa shape index (κ1) is 12.5. The van der Waals surface area contributed by atoms with Crippen LogP contribution in [0.4, 0.5) is 0 Å². The SMILES string of the molecule is CN1CCN(CCCC(C)(C)C#N)CC1. The Morgan fingerprint density at radius 1 is 1.20 bits per heavy atom. The van der Waals surface area contributed by atoms with Crippen molar-refractivity contribution in [3.8, 4) is 6.07 Å². The summed E-state index contributed by atoms with van der Waals surface area (Å²) in [7, 11) is 2.18. The van der Waals surface area contributed by atoms with Gasteiger partial charge in [0.15, 0.2) is 0 Å². The normalized spacial score (nSPS) is 20.1. The van der Waals surface area contributed by atoms with Crippen molar-refractivity contribution >= 4 is 0 Å². The fraction of sp³-hybridized carbons (Fsp3) is 0.917. The highest BCUT2D eigenvalue weighted by Crippen LogP contribution is 2.20. The van der Waals surface area contributed by atoms with Crippen molar-refractivity contribution in [3.05, 3.63) is 0 Å². The minimum atomic E-state index is -0.146. The maximum Gasteiger partial charge on any atom is 0.0683 e. The molecular weight excluding hydrogens is 186 g/mol. The first-order valence-electron chi connectivity index (χ1n) is 5.86. The minimum absolute atomic E-state index is 0.146. The predicted octanol–water partition coefficient (Wildman–Crippen LogP) is 1.56. The standard InChI is InChI=1S/C12H23N3/c1-12(2,11-13)5-4-6-15-9-7-14(3)8-10-15/h4-10H2,1-3H3. The molecule has 0 aromatic rings. The Kier molecular flexibility index (Phi) is 4.56. The lowest BCUT2D eigenvalue weighted by molar-refractivity contribution is 0.149. The highest BCUT2D eigenvalue weighted by atomic mass is 15.2. The number of hydrogen-bond acceptors (Lipinski definition) is 3. The molecule has 0 saturated carbocycles. The Hall–Kier alpha value is -0.590. The third kappa shape index (κ3) is 4.63. The van der Waals surface area contributed by atoms with Gasteiger partial charge in [0.2, 0.25) is 0 Å². The molecule has 1 rings (SSSR count). The molecule has 1 heterocycles. The van der Waals surface area contributed by atoms with Crippen LogP contribution in [0.2, 0.25) is 0 Å². The molecule has 0 bridgehead atoms. The molecule has 0 spiro atoms. The summed E-state index contributed by atoms with van der Waals surface area (Å²) in [6.07, 6.45) is 2.15. The molecule has 1 fully saturated rings. The molecule has 0 aromatic carbocycles. The summed E-state index contributed by atoms with van der Waals surface area (Å²) in [5.41, 5.74) is -0.146. The summed E-state index contributed by atoms with van der Waals surface area (Å²) in [5, 5.41) is 8.90. The van der Waals surface area contributed by atoms with Crippen molar-refractivity contribution in [2.24, 2.45) is 5.41 Å². The molecule has 1 aliphatic heterocycles. The first-order valence-corrected chi connectivity index (χ1v) is 5.86. The number of likely N-dealkylation sites (N-methyl/N-ethyl adjacent to an activating group) is 1. The van der Waals surface area contributed by atoms with E-state index in [2.05, 4.69) is 22.9 Å². The van der Waals surface area contributed by atoms with Gasteiger partial charge in [-0.15, -0.1) is 0 Å². The average Bonchev–Trinajstić information content (AvgIpc) is 2.21. The van der Waals surface area contributed by atoms with Crippen molar-refractivity contribution in [3.63, 3.8) is 0 Å². The maximum atomic E-state index is 8.90. The van der Waals surface area contributed by atoms with Crippen molar-refractivity contribution in [2.45, 2.75) is 26.7 Å². The Morgan fingerprint density at radius 2 is 1.80 bits per heavy atom. The minimum Gasteiger partial charge on any atom is -0.304 e. The molecule has 0 radical (unpaired) electrons. The van der Waals surface area contributed by atoms with E-state index in [4.69, 9.17) is 5.26 Å². The molecule has 3 nitrogen and oxygen atoms in total. The summed E-state index contributed by atoms with van der Waals surface area (Å²) in [6.45, 7) is 9.93. The van der Waals surface area contributed by atoms with Gasteiger partial charge in [0, 0.05) is 26.2 Å². The zero-order valence-electron chi connectivity index (χ0n) is 10.3. The topological polar surface area (TPSA) is 30.3 Å². The van der Waals surface area contributed by atoms with Gasteiger partial charge in [-0.1, -0.05) is 0 Å². The van der Waals surface area contributed by atoms with E-state index < -0.39 is 0 Å². The van der Waals surface area contributed by atoms with Gasteiger partial charge in [0.25, 0.3) is 0 Å². The molecule has 0 atom stereocenters. The monoisotopic (exact) mass is 209 g/mol. The molecule has 0 aromatic heterocycles. The van der Waals surface area contributed by atoms with Crippen molar-refractivity contribution in [1.29, 1.82) is 5.26 Å². The van der Waals surface area contributed by atoms with Crippen molar-refractivity contribution in [1.82, 2.24) is 9.80 Å². The molecule has 0 unspecified atom stereocenters. The van der Waals surface area contributed by atoms with Crippen LogP contribution in [-0.4, -0.2) is 49.6 Å². The Morgan fingerprint density at radius 3 is 2.33 bits per heavy atom. The van der Waals surface area contributed by atoms with Crippen LogP contribution in [0.5, 0.6) is 0 Å². The lowest BCUT2D eigenvalue weighted by Crippen LogP contribution is -2.44. The van der Waals surface area contributed by atoms with Gasteiger partial charge in [-0.25, -0.2) is 0 Å². The zero-order chi connectivity index (χ0) is 11.3. The van der Waals surface area contributed by atoms with E-state index in [1.54, 1.807) is 0 Å². The fourth-order valence-corrected chi connectivity index (χ4v) is 1.87. The van der Waals surface area contributed by atoms with E-state index >= 15 is 0 Å². The summed E-state index contributed by atoms with van der Waals surface area (Å²) < 4.78 is 0. The average molecular weight is 209 g/mol. The second-order valence-electron chi connectivity index (χ2n) is 5.24. The predicted molar refractivity (Wildman–Crippen MR) is 62.6 cm³/mol. The van der Waals surface area contributed by atoms with Crippen molar-refractivity contribution < 1.29 is 0 Å². The summed E-state index contributed by atoms with van der Waals surface area (Å²) >= 11 is 0. The largest absolute Gasteiger partial charge is 0.304 e. The second-order valence-corrected chi connectivity index (χ2v) is 5.24. The number of nitrogens with zero attached hydrogens (tertiary/aromatic N) is 3. The Bertz CT molecular complexity index is 222. The molecular formula is C12H23N3. The van der Waals surface area contributed by atoms with Crippen LogP contribution in [0.1, 0.15) is 26.7 Å². The molecule has 3 heteroatoms. The number of hydrogen-bond donors (Lipinski definition) is 0. The smallest absolute Gasteiger partial charge is 0.0683 e. The third-order valence-corrected chi connectivity index (χ3v) is 3.17. The van der Waals surface area contributed by atoms with E-state index in [0.717, 1.165) is 19.4 Å². The van der Waals surface area contributed by atoms with Crippen LogP contribution in [0, 0.1) is 16.7 Å². The van der Waals surface area contributed by atoms with Crippen LogP contribution in [0.15, 0.2) is 0 Å². The van der Waals surface area contributed by atoms with Crippen LogP contribution in [0.3, 0.4) is 0 Å². The van der Waals surface area contributed by atoms with E-state index in [-0.39, 0.29) is 5.41 Å². The summed E-state index contributed by atoms with van der Waals surface area (Å²) in [4.78, 5) is 4.88. The van der Waals surface area contributed by atoms with Gasteiger partial charge in [-0.3, -0.25) is 0 Å². The van der Waals surface area contributed by atoms with E-state index in [0.29, 0.717) is 0 Å². The summed E-state index contributed by atoms with van der Waals surface area (Å²) in [6, 6.07) is 2.36. The van der Waals surface area contributed by atoms with Gasteiger partial charge in [-0.2, -0.15) is 5.26 Å². The lowest BCUT2D eigenvalue weighted by Gasteiger charge is -2.32. The molecule has 15 heavy (non-hydrogen) atoms. The second kappa shape index (κ2) is 5.48. The van der Waals surface area contributed by atoms with Crippen molar-refractivity contribution in [2.75, 3.05) is 39.8 Å². The quantitative estimate of drug-likeness (QED) is 0.704. The number of piperazine rings is 1. The third-order valence-electron chi connectivity index (χ3n) is 3.17. The van der Waals surface area contributed by atoms with E-state index in [9.17, 15) is 0 Å². The van der Waals surface area contributed by atoms with Gasteiger partial charge < -0.3 is 9.80 Å². The van der Waals surface area contributed by atoms with Crippen LogP contribution >= 0.6 is 0 Å². The number of nitriles is 1. The maximum absolute atomic E-state index is 8.90. The molecule has 0 amide bonds. The van der Waals surface area contributed by atoms with Crippen LogP contribution in [-0.2, 0) is 0 Å². The highest BCUT2D eigenvalue weighted by molar-refractivity contribution is 4.91.